The van der Waals surface area contributed by atoms with Gasteiger partial charge in [-0.1, -0.05) is 43.2 Å². The van der Waals surface area contributed by atoms with E-state index in [2.05, 4.69) is 46.3 Å². The van der Waals surface area contributed by atoms with Crippen LogP contribution < -0.4 is 4.90 Å². The molecule has 0 aliphatic carbocycles. The summed E-state index contributed by atoms with van der Waals surface area (Å²) in [6.45, 7) is 3.85. The van der Waals surface area contributed by atoms with E-state index in [0.717, 1.165) is 50.6 Å². The molecule has 148 valence electrons. The van der Waals surface area contributed by atoms with Gasteiger partial charge in [-0.15, -0.1) is 0 Å². The average molecular weight is 378 g/mol. The van der Waals surface area contributed by atoms with Gasteiger partial charge >= 0.3 is 0 Å². The topological polar surface area (TPSA) is 36.4 Å². The molecule has 2 aliphatic rings. The van der Waals surface area contributed by atoms with Crippen molar-refractivity contribution in [2.24, 2.45) is 5.92 Å². The van der Waals surface area contributed by atoms with Crippen molar-refractivity contribution in [1.82, 2.24) is 9.88 Å². The second kappa shape index (κ2) is 9.22. The lowest BCUT2D eigenvalue weighted by Gasteiger charge is -2.34. The van der Waals surface area contributed by atoms with E-state index < -0.39 is 0 Å². The standard InChI is InChI=1S/C24H31N3O/c28-24(27-14-6-1-2-7-15-27)23-19-22(10-13-25-23)26-16-11-21(12-17-26)18-20-8-4-3-5-9-20/h3-5,8-10,13,19,21H,1-2,6-7,11-12,14-18H2. The van der Waals surface area contributed by atoms with Crippen molar-refractivity contribution in [3.63, 3.8) is 0 Å². The predicted molar refractivity (Wildman–Crippen MR) is 114 cm³/mol. The first-order valence-electron chi connectivity index (χ1n) is 10.8. The number of nitrogens with zero attached hydrogens (tertiary/aromatic N) is 3. The summed E-state index contributed by atoms with van der Waals surface area (Å²) in [5.74, 6) is 0.849. The quantitative estimate of drug-likeness (QED) is 0.784. The summed E-state index contributed by atoms with van der Waals surface area (Å²) in [6.07, 6.45) is 10.1. The van der Waals surface area contributed by atoms with E-state index in [9.17, 15) is 4.79 Å². The number of amides is 1. The van der Waals surface area contributed by atoms with Gasteiger partial charge in [-0.05, 0) is 55.7 Å². The van der Waals surface area contributed by atoms with Crippen molar-refractivity contribution in [3.05, 3.63) is 59.9 Å². The Bertz CT molecular complexity index is 760. The summed E-state index contributed by atoms with van der Waals surface area (Å²) >= 11 is 0. The van der Waals surface area contributed by atoms with Crippen molar-refractivity contribution in [2.75, 3.05) is 31.1 Å². The molecule has 1 aromatic heterocycles. The molecule has 2 aromatic rings. The fraction of sp³-hybridized carbons (Fsp3) is 0.500. The van der Waals surface area contributed by atoms with Crippen LogP contribution in [0.1, 0.15) is 54.6 Å². The largest absolute Gasteiger partial charge is 0.371 e. The van der Waals surface area contributed by atoms with Crippen molar-refractivity contribution in [3.8, 4) is 0 Å². The number of benzene rings is 1. The molecule has 2 saturated heterocycles. The second-order valence-electron chi connectivity index (χ2n) is 8.23. The number of anilines is 1. The fourth-order valence-corrected chi connectivity index (χ4v) is 4.51. The maximum absolute atomic E-state index is 12.9. The van der Waals surface area contributed by atoms with Crippen molar-refractivity contribution < 1.29 is 4.79 Å². The number of aromatic nitrogens is 1. The highest BCUT2D eigenvalue weighted by Crippen LogP contribution is 2.26. The summed E-state index contributed by atoms with van der Waals surface area (Å²) < 4.78 is 0. The number of likely N-dealkylation sites (tertiary alicyclic amines) is 1. The van der Waals surface area contributed by atoms with E-state index in [0.29, 0.717) is 5.69 Å². The Morgan fingerprint density at radius 3 is 2.36 bits per heavy atom. The molecule has 1 amide bonds. The Balaban J connectivity index is 1.36. The van der Waals surface area contributed by atoms with Crippen LogP contribution in [0.3, 0.4) is 0 Å². The number of rotatable bonds is 4. The van der Waals surface area contributed by atoms with Gasteiger partial charge in [0.2, 0.25) is 0 Å². The maximum atomic E-state index is 12.9. The van der Waals surface area contributed by atoms with Crippen LogP contribution in [-0.2, 0) is 6.42 Å². The van der Waals surface area contributed by atoms with E-state index in [1.54, 1.807) is 6.20 Å². The number of hydrogen-bond acceptors (Lipinski definition) is 3. The van der Waals surface area contributed by atoms with Gasteiger partial charge in [0.15, 0.2) is 0 Å². The van der Waals surface area contributed by atoms with Gasteiger partial charge in [-0.2, -0.15) is 0 Å². The molecule has 3 heterocycles. The highest BCUT2D eigenvalue weighted by Gasteiger charge is 2.22. The zero-order chi connectivity index (χ0) is 19.2. The third-order valence-electron chi connectivity index (χ3n) is 6.20. The summed E-state index contributed by atoms with van der Waals surface area (Å²) in [5, 5.41) is 0. The van der Waals surface area contributed by atoms with Crippen molar-refractivity contribution >= 4 is 11.6 Å². The minimum Gasteiger partial charge on any atom is -0.371 e. The van der Waals surface area contributed by atoms with Crippen LogP contribution in [0.2, 0.25) is 0 Å². The minimum absolute atomic E-state index is 0.0997. The molecule has 4 nitrogen and oxygen atoms in total. The molecule has 28 heavy (non-hydrogen) atoms. The monoisotopic (exact) mass is 377 g/mol. The first-order chi connectivity index (χ1) is 13.8. The van der Waals surface area contributed by atoms with Gasteiger partial charge in [-0.3, -0.25) is 9.78 Å². The van der Waals surface area contributed by atoms with Gasteiger partial charge in [0.1, 0.15) is 5.69 Å². The number of hydrogen-bond donors (Lipinski definition) is 0. The van der Waals surface area contributed by atoms with Crippen LogP contribution in [0.25, 0.3) is 0 Å². The fourth-order valence-electron chi connectivity index (χ4n) is 4.51. The SMILES string of the molecule is O=C(c1cc(N2CCC(Cc3ccccc3)CC2)ccn1)N1CCCCCC1. The zero-order valence-electron chi connectivity index (χ0n) is 16.7. The smallest absolute Gasteiger partial charge is 0.272 e. The predicted octanol–water partition coefficient (Wildman–Crippen LogP) is 4.56. The summed E-state index contributed by atoms with van der Waals surface area (Å²) in [5.41, 5.74) is 3.19. The van der Waals surface area contributed by atoms with Gasteiger partial charge in [0, 0.05) is 38.1 Å². The highest BCUT2D eigenvalue weighted by atomic mass is 16.2. The van der Waals surface area contributed by atoms with Gasteiger partial charge in [-0.25, -0.2) is 0 Å². The first kappa shape index (κ1) is 19.0. The lowest BCUT2D eigenvalue weighted by atomic mass is 9.90. The molecule has 2 aliphatic heterocycles. The summed E-state index contributed by atoms with van der Waals surface area (Å²) in [4.78, 5) is 21.7. The van der Waals surface area contributed by atoms with Crippen molar-refractivity contribution in [2.45, 2.75) is 44.9 Å². The molecular weight excluding hydrogens is 346 g/mol. The number of piperidine rings is 1. The van der Waals surface area contributed by atoms with Crippen LogP contribution in [0.4, 0.5) is 5.69 Å². The van der Waals surface area contributed by atoms with Crippen LogP contribution in [0.5, 0.6) is 0 Å². The minimum atomic E-state index is 0.0997. The lowest BCUT2D eigenvalue weighted by Crippen LogP contribution is -2.35. The lowest BCUT2D eigenvalue weighted by molar-refractivity contribution is 0.0756. The molecule has 4 heteroatoms. The summed E-state index contributed by atoms with van der Waals surface area (Å²) in [7, 11) is 0. The Morgan fingerprint density at radius 2 is 1.64 bits per heavy atom. The van der Waals surface area contributed by atoms with Gasteiger partial charge in [0.05, 0.1) is 0 Å². The van der Waals surface area contributed by atoms with E-state index in [1.165, 1.54) is 37.7 Å². The van der Waals surface area contributed by atoms with E-state index in [4.69, 9.17) is 0 Å². The highest BCUT2D eigenvalue weighted by molar-refractivity contribution is 5.93. The average Bonchev–Trinajstić information content (AvgIpc) is 3.04. The Kier molecular flexibility index (Phi) is 6.25. The van der Waals surface area contributed by atoms with Gasteiger partial charge in [0.25, 0.3) is 5.91 Å². The molecule has 0 atom stereocenters. The molecule has 0 spiro atoms. The molecule has 0 unspecified atom stereocenters. The first-order valence-corrected chi connectivity index (χ1v) is 10.8. The van der Waals surface area contributed by atoms with Gasteiger partial charge < -0.3 is 9.80 Å². The van der Waals surface area contributed by atoms with Crippen LogP contribution in [-0.4, -0.2) is 42.0 Å². The molecule has 0 N–H and O–H groups in total. The maximum Gasteiger partial charge on any atom is 0.272 e. The Labute approximate surface area is 168 Å². The molecule has 0 saturated carbocycles. The molecule has 0 bridgehead atoms. The van der Waals surface area contributed by atoms with Crippen LogP contribution in [0, 0.1) is 5.92 Å². The number of carbonyl (C=O) groups excluding carboxylic acids is 1. The number of pyridine rings is 1. The zero-order valence-corrected chi connectivity index (χ0v) is 16.7. The molecule has 0 radical (unpaired) electrons. The Morgan fingerprint density at radius 1 is 0.929 bits per heavy atom. The molecule has 1 aromatic carbocycles. The Hall–Kier alpha value is -2.36. The van der Waals surface area contributed by atoms with E-state index >= 15 is 0 Å². The van der Waals surface area contributed by atoms with E-state index in [-0.39, 0.29) is 5.91 Å². The molecule has 4 rings (SSSR count). The normalized spacial score (nSPS) is 18.7. The molecule has 2 fully saturated rings. The molecular formula is C24H31N3O. The second-order valence-corrected chi connectivity index (χ2v) is 8.23. The number of carbonyl (C=O) groups is 1. The third-order valence-corrected chi connectivity index (χ3v) is 6.20. The van der Waals surface area contributed by atoms with E-state index in [1.807, 2.05) is 11.0 Å². The third kappa shape index (κ3) is 4.73. The van der Waals surface area contributed by atoms with Crippen LogP contribution in [0.15, 0.2) is 48.7 Å². The summed E-state index contributed by atoms with van der Waals surface area (Å²) in [6, 6.07) is 14.9. The van der Waals surface area contributed by atoms with Crippen molar-refractivity contribution in [1.29, 1.82) is 0 Å². The van der Waals surface area contributed by atoms with Crippen LogP contribution >= 0.6 is 0 Å².